The molecule has 2 aromatic carbocycles. The maximum atomic E-state index is 13.3. The van der Waals surface area contributed by atoms with Gasteiger partial charge >= 0.3 is 5.69 Å². The normalized spacial score (nSPS) is 17.0. The minimum Gasteiger partial charge on any atom is -0.365 e. The Morgan fingerprint density at radius 1 is 1.13 bits per heavy atom. The summed E-state index contributed by atoms with van der Waals surface area (Å²) in [6, 6.07) is 12.9. The van der Waals surface area contributed by atoms with Crippen molar-refractivity contribution < 1.29 is 4.39 Å². The highest BCUT2D eigenvalue weighted by Gasteiger charge is 2.24. The Morgan fingerprint density at radius 3 is 2.61 bits per heavy atom. The molecule has 0 aliphatic carbocycles. The third-order valence-electron chi connectivity index (χ3n) is 6.38. The summed E-state index contributed by atoms with van der Waals surface area (Å²) in [5, 5.41) is 3.57. The number of aliphatic imine (C=N–C) groups is 1. The van der Waals surface area contributed by atoms with Crippen LogP contribution < -0.4 is 11.0 Å². The maximum absolute atomic E-state index is 13.3. The van der Waals surface area contributed by atoms with E-state index in [2.05, 4.69) is 38.2 Å². The number of unbranched alkanes of at least 4 members (excludes halogenated alkanes) is 1. The van der Waals surface area contributed by atoms with Crippen molar-refractivity contribution in [3.8, 4) is 0 Å². The van der Waals surface area contributed by atoms with E-state index in [1.807, 2.05) is 10.6 Å². The van der Waals surface area contributed by atoms with E-state index < -0.39 is 0 Å². The topological polar surface area (TPSA) is 51.3 Å². The molecule has 2 atom stereocenters. The highest BCUT2D eigenvalue weighted by molar-refractivity contribution is 6.02. The Morgan fingerprint density at radius 2 is 1.90 bits per heavy atom. The van der Waals surface area contributed by atoms with Crippen LogP contribution in [-0.4, -0.2) is 27.6 Å². The molecular formula is C25H31FN4O. The second-order valence-electron chi connectivity index (χ2n) is 8.53. The Bertz CT molecular complexity index is 1140. The van der Waals surface area contributed by atoms with Crippen molar-refractivity contribution in [2.75, 3.05) is 6.54 Å². The first-order chi connectivity index (χ1) is 15.0. The third-order valence-corrected chi connectivity index (χ3v) is 6.38. The zero-order valence-electron chi connectivity index (χ0n) is 18.6. The van der Waals surface area contributed by atoms with Gasteiger partial charge in [-0.2, -0.15) is 0 Å². The summed E-state index contributed by atoms with van der Waals surface area (Å²) in [7, 11) is 0. The molecule has 0 amide bonds. The van der Waals surface area contributed by atoms with Gasteiger partial charge in [0.15, 0.2) is 0 Å². The first-order valence-corrected chi connectivity index (χ1v) is 11.3. The number of rotatable bonds is 8. The quantitative estimate of drug-likeness (QED) is 0.579. The van der Waals surface area contributed by atoms with Gasteiger partial charge in [-0.1, -0.05) is 45.7 Å². The molecule has 164 valence electrons. The Balaban J connectivity index is 1.74. The van der Waals surface area contributed by atoms with Crippen molar-refractivity contribution in [3.63, 3.8) is 0 Å². The summed E-state index contributed by atoms with van der Waals surface area (Å²) < 4.78 is 17.0. The fraction of sp³-hybridized carbons (Fsp3) is 0.440. The van der Waals surface area contributed by atoms with Crippen LogP contribution in [0, 0.1) is 11.7 Å². The van der Waals surface area contributed by atoms with Gasteiger partial charge in [-0.3, -0.25) is 14.1 Å². The van der Waals surface area contributed by atoms with Crippen molar-refractivity contribution in [3.05, 3.63) is 69.9 Å². The maximum Gasteiger partial charge on any atom is 0.329 e. The third kappa shape index (κ3) is 4.29. The molecule has 1 N–H and O–H groups in total. The molecule has 6 heteroatoms. The lowest BCUT2D eigenvalue weighted by molar-refractivity contribution is 0.435. The number of aromatic nitrogens is 2. The number of nitrogens with zero attached hydrogens (tertiary/aromatic N) is 3. The van der Waals surface area contributed by atoms with Crippen LogP contribution in [0.25, 0.3) is 11.0 Å². The van der Waals surface area contributed by atoms with E-state index in [1.54, 1.807) is 16.7 Å². The van der Waals surface area contributed by atoms with Crippen LogP contribution in [0.1, 0.15) is 51.2 Å². The average molecular weight is 423 g/mol. The smallest absolute Gasteiger partial charge is 0.329 e. The number of fused-ring (bicyclic) bond motifs is 1. The highest BCUT2D eigenvalue weighted by Crippen LogP contribution is 2.21. The molecule has 3 aromatic rings. The van der Waals surface area contributed by atoms with Crippen molar-refractivity contribution in [2.24, 2.45) is 10.9 Å². The van der Waals surface area contributed by atoms with E-state index in [-0.39, 0.29) is 11.5 Å². The molecule has 4 rings (SSSR count). The van der Waals surface area contributed by atoms with Crippen LogP contribution >= 0.6 is 0 Å². The standard InChI is InChI=1S/C25H31FN4O/c1-4-6-13-29-22-12-9-19(24-27-15-21(28-24)17(3)5-2)14-23(22)30(25(29)31)16-18-7-10-20(26)11-8-18/h7-12,14,17,21H,4-6,13,15-16H2,1-3H3,(H,27,28). The second-order valence-corrected chi connectivity index (χ2v) is 8.53. The van der Waals surface area contributed by atoms with Gasteiger partial charge in [0.2, 0.25) is 0 Å². The van der Waals surface area contributed by atoms with Gasteiger partial charge in [0, 0.05) is 18.2 Å². The fourth-order valence-electron chi connectivity index (χ4n) is 4.16. The van der Waals surface area contributed by atoms with Gasteiger partial charge in [0.25, 0.3) is 0 Å². The number of nitrogens with one attached hydrogen (secondary N) is 1. The Kier molecular flexibility index (Phi) is 6.25. The Labute approximate surface area is 182 Å². The van der Waals surface area contributed by atoms with E-state index in [9.17, 15) is 9.18 Å². The molecular weight excluding hydrogens is 391 g/mol. The van der Waals surface area contributed by atoms with Crippen LogP contribution in [0.3, 0.4) is 0 Å². The summed E-state index contributed by atoms with van der Waals surface area (Å²) in [6.07, 6.45) is 3.08. The van der Waals surface area contributed by atoms with Crippen LogP contribution in [0.15, 0.2) is 52.3 Å². The van der Waals surface area contributed by atoms with Gasteiger partial charge in [-0.05, 0) is 48.2 Å². The molecule has 0 fully saturated rings. The van der Waals surface area contributed by atoms with Gasteiger partial charge in [-0.15, -0.1) is 0 Å². The van der Waals surface area contributed by atoms with Crippen LogP contribution in [0.5, 0.6) is 0 Å². The zero-order valence-corrected chi connectivity index (χ0v) is 18.6. The van der Waals surface area contributed by atoms with Crippen molar-refractivity contribution in [1.82, 2.24) is 14.5 Å². The van der Waals surface area contributed by atoms with Crippen LogP contribution in [-0.2, 0) is 13.1 Å². The summed E-state index contributed by atoms with van der Waals surface area (Å²) in [5.74, 6) is 1.18. The number of benzene rings is 2. The monoisotopic (exact) mass is 422 g/mol. The zero-order chi connectivity index (χ0) is 22.0. The molecule has 0 radical (unpaired) electrons. The van der Waals surface area contributed by atoms with Crippen LogP contribution in [0.4, 0.5) is 4.39 Å². The van der Waals surface area contributed by atoms with E-state index in [4.69, 9.17) is 4.99 Å². The van der Waals surface area contributed by atoms with Gasteiger partial charge < -0.3 is 5.32 Å². The van der Waals surface area contributed by atoms with Crippen molar-refractivity contribution in [1.29, 1.82) is 0 Å². The molecule has 1 aliphatic heterocycles. The number of aryl methyl sites for hydroxylation is 1. The number of halogens is 1. The molecule has 0 saturated carbocycles. The van der Waals surface area contributed by atoms with E-state index >= 15 is 0 Å². The number of hydrogen-bond donors (Lipinski definition) is 1. The fourth-order valence-corrected chi connectivity index (χ4v) is 4.16. The highest BCUT2D eigenvalue weighted by atomic mass is 19.1. The minimum absolute atomic E-state index is 0.0243. The van der Waals surface area contributed by atoms with Gasteiger partial charge in [-0.25, -0.2) is 9.18 Å². The number of hydrogen-bond acceptors (Lipinski definition) is 3. The van der Waals surface area contributed by atoms with Gasteiger partial charge in [0.05, 0.1) is 24.1 Å². The first-order valence-electron chi connectivity index (χ1n) is 11.3. The number of imidazole rings is 1. The minimum atomic E-state index is -0.273. The van der Waals surface area contributed by atoms with E-state index in [0.29, 0.717) is 25.0 Å². The lowest BCUT2D eigenvalue weighted by Crippen LogP contribution is -2.35. The molecule has 0 bridgehead atoms. The summed E-state index contributed by atoms with van der Waals surface area (Å²) in [4.78, 5) is 18.0. The van der Waals surface area contributed by atoms with Gasteiger partial charge in [0.1, 0.15) is 11.7 Å². The van der Waals surface area contributed by atoms with Crippen LogP contribution in [0.2, 0.25) is 0 Å². The molecule has 2 unspecified atom stereocenters. The van der Waals surface area contributed by atoms with E-state index in [0.717, 1.165) is 53.8 Å². The lowest BCUT2D eigenvalue weighted by atomic mass is 10.00. The summed E-state index contributed by atoms with van der Waals surface area (Å²) >= 11 is 0. The Hall–Kier alpha value is -2.89. The van der Waals surface area contributed by atoms with E-state index in [1.165, 1.54) is 12.1 Å². The predicted molar refractivity (Wildman–Crippen MR) is 124 cm³/mol. The summed E-state index contributed by atoms with van der Waals surface area (Å²) in [6.45, 7) is 8.45. The molecule has 0 spiro atoms. The largest absolute Gasteiger partial charge is 0.365 e. The molecule has 1 aromatic heterocycles. The second kappa shape index (κ2) is 9.08. The SMILES string of the molecule is CCCCn1c(=O)n(Cc2ccc(F)cc2)c2cc(C3=NCC(C(C)CC)N3)ccc21. The van der Waals surface area contributed by atoms with Crippen molar-refractivity contribution in [2.45, 2.75) is 59.2 Å². The molecule has 5 nitrogen and oxygen atoms in total. The average Bonchev–Trinajstić information content (AvgIpc) is 3.37. The molecule has 2 heterocycles. The molecule has 1 aliphatic rings. The first kappa shape index (κ1) is 21.3. The molecule has 31 heavy (non-hydrogen) atoms. The predicted octanol–water partition coefficient (Wildman–Crippen LogP) is 4.56. The molecule has 0 saturated heterocycles. The summed E-state index contributed by atoms with van der Waals surface area (Å²) in [5.41, 5.74) is 3.69. The van der Waals surface area contributed by atoms with Crippen molar-refractivity contribution >= 4 is 16.9 Å². The lowest BCUT2D eigenvalue weighted by Gasteiger charge is -2.18. The number of amidine groups is 1.